The standard InChI is InChI=1S/C17H26N2/c1-17(2,3)14-5-11-7-15(18)8-13-10-19(4)9-12(6-14)16(11)13/h5-6,13,15H,7-10,18H2,1-4H3. The first-order valence-corrected chi connectivity index (χ1v) is 7.45. The second kappa shape index (κ2) is 4.32. The van der Waals surface area contributed by atoms with Crippen LogP contribution in [0.15, 0.2) is 12.1 Å². The molecule has 2 nitrogen and oxygen atoms in total. The Morgan fingerprint density at radius 2 is 1.89 bits per heavy atom. The Balaban J connectivity index is 2.15. The molecule has 0 spiro atoms. The lowest BCUT2D eigenvalue weighted by Gasteiger charge is -2.40. The van der Waals surface area contributed by atoms with Crippen LogP contribution in [0.2, 0.25) is 0 Å². The summed E-state index contributed by atoms with van der Waals surface area (Å²) >= 11 is 0. The summed E-state index contributed by atoms with van der Waals surface area (Å²) in [5, 5.41) is 0. The minimum Gasteiger partial charge on any atom is -0.327 e. The zero-order valence-corrected chi connectivity index (χ0v) is 12.7. The van der Waals surface area contributed by atoms with Gasteiger partial charge in [0.1, 0.15) is 0 Å². The number of rotatable bonds is 0. The summed E-state index contributed by atoms with van der Waals surface area (Å²) in [4.78, 5) is 2.45. The Hall–Kier alpha value is -0.860. The van der Waals surface area contributed by atoms with Gasteiger partial charge in [-0.1, -0.05) is 32.9 Å². The summed E-state index contributed by atoms with van der Waals surface area (Å²) in [5.41, 5.74) is 12.7. The third-order valence-corrected chi connectivity index (χ3v) is 4.67. The van der Waals surface area contributed by atoms with Gasteiger partial charge in [0.2, 0.25) is 0 Å². The summed E-state index contributed by atoms with van der Waals surface area (Å²) < 4.78 is 0. The summed E-state index contributed by atoms with van der Waals surface area (Å²) in [7, 11) is 2.23. The highest BCUT2D eigenvalue weighted by Gasteiger charge is 2.32. The molecule has 0 amide bonds. The van der Waals surface area contributed by atoms with Gasteiger partial charge in [-0.3, -0.25) is 0 Å². The Kier molecular flexibility index (Phi) is 2.99. The van der Waals surface area contributed by atoms with E-state index in [2.05, 4.69) is 44.9 Å². The zero-order valence-electron chi connectivity index (χ0n) is 12.7. The summed E-state index contributed by atoms with van der Waals surface area (Å²) in [6, 6.07) is 5.21. The number of nitrogens with zero attached hydrogens (tertiary/aromatic N) is 1. The molecule has 1 aliphatic heterocycles. The van der Waals surface area contributed by atoms with Gasteiger partial charge in [0.15, 0.2) is 0 Å². The van der Waals surface area contributed by atoms with Gasteiger partial charge in [-0.25, -0.2) is 0 Å². The van der Waals surface area contributed by atoms with Crippen molar-refractivity contribution in [1.29, 1.82) is 0 Å². The molecule has 2 heteroatoms. The highest BCUT2D eigenvalue weighted by Crippen LogP contribution is 2.40. The molecule has 2 unspecified atom stereocenters. The van der Waals surface area contributed by atoms with Gasteiger partial charge in [0.25, 0.3) is 0 Å². The van der Waals surface area contributed by atoms with Crippen molar-refractivity contribution in [1.82, 2.24) is 4.90 Å². The van der Waals surface area contributed by atoms with Crippen LogP contribution in [-0.4, -0.2) is 24.5 Å². The number of hydrogen-bond acceptors (Lipinski definition) is 2. The molecule has 0 saturated carbocycles. The molecule has 1 aromatic rings. The quantitative estimate of drug-likeness (QED) is 0.775. The molecule has 0 aromatic heterocycles. The van der Waals surface area contributed by atoms with Crippen LogP contribution < -0.4 is 5.73 Å². The Labute approximate surface area is 117 Å². The van der Waals surface area contributed by atoms with Crippen LogP contribution in [0.4, 0.5) is 0 Å². The number of nitrogens with two attached hydrogens (primary N) is 1. The van der Waals surface area contributed by atoms with Gasteiger partial charge in [-0.05, 0) is 53.5 Å². The molecular formula is C17H26N2. The van der Waals surface area contributed by atoms with Crippen LogP contribution in [0.25, 0.3) is 0 Å². The largest absolute Gasteiger partial charge is 0.327 e. The fraction of sp³-hybridized carbons (Fsp3) is 0.647. The molecule has 0 saturated heterocycles. The van der Waals surface area contributed by atoms with Crippen LogP contribution >= 0.6 is 0 Å². The maximum absolute atomic E-state index is 6.28. The highest BCUT2D eigenvalue weighted by molar-refractivity contribution is 5.47. The van der Waals surface area contributed by atoms with Gasteiger partial charge in [-0.15, -0.1) is 0 Å². The molecule has 1 aliphatic carbocycles. The minimum atomic E-state index is 0.221. The van der Waals surface area contributed by atoms with E-state index in [1.165, 1.54) is 17.7 Å². The molecule has 2 N–H and O–H groups in total. The lowest BCUT2D eigenvalue weighted by molar-refractivity contribution is 0.260. The Bertz CT molecular complexity index is 463. The summed E-state index contributed by atoms with van der Waals surface area (Å²) in [6.45, 7) is 9.16. The van der Waals surface area contributed by atoms with Gasteiger partial charge in [0.05, 0.1) is 0 Å². The molecule has 19 heavy (non-hydrogen) atoms. The number of likely N-dealkylation sites (N-methyl/N-ethyl adjacent to an activating group) is 1. The SMILES string of the molecule is CN1Cc2cc(C(C)(C)C)cc3c2C(CC(N)C3)C1. The maximum atomic E-state index is 6.28. The van der Waals surface area contributed by atoms with Crippen molar-refractivity contribution in [3.8, 4) is 0 Å². The van der Waals surface area contributed by atoms with E-state index in [0.717, 1.165) is 19.4 Å². The van der Waals surface area contributed by atoms with Crippen molar-refractivity contribution in [2.75, 3.05) is 13.6 Å². The van der Waals surface area contributed by atoms with E-state index in [-0.39, 0.29) is 5.41 Å². The van der Waals surface area contributed by atoms with E-state index < -0.39 is 0 Å². The molecule has 2 atom stereocenters. The van der Waals surface area contributed by atoms with Crippen LogP contribution in [0, 0.1) is 0 Å². The summed E-state index contributed by atoms with van der Waals surface area (Å²) in [5.74, 6) is 0.654. The average Bonchev–Trinajstić information content (AvgIpc) is 2.25. The van der Waals surface area contributed by atoms with Crippen LogP contribution in [0.1, 0.15) is 55.4 Å². The van der Waals surface area contributed by atoms with Gasteiger partial charge >= 0.3 is 0 Å². The van der Waals surface area contributed by atoms with Crippen molar-refractivity contribution in [3.05, 3.63) is 34.4 Å². The topological polar surface area (TPSA) is 29.3 Å². The van der Waals surface area contributed by atoms with Crippen molar-refractivity contribution in [2.45, 2.75) is 57.5 Å². The van der Waals surface area contributed by atoms with Crippen molar-refractivity contribution in [3.63, 3.8) is 0 Å². The zero-order chi connectivity index (χ0) is 13.8. The second-order valence-electron chi connectivity index (χ2n) is 7.55. The molecule has 3 rings (SSSR count). The predicted molar refractivity (Wildman–Crippen MR) is 80.5 cm³/mol. The Morgan fingerprint density at radius 3 is 2.58 bits per heavy atom. The first kappa shape index (κ1) is 13.1. The maximum Gasteiger partial charge on any atom is 0.0233 e. The smallest absolute Gasteiger partial charge is 0.0233 e. The van der Waals surface area contributed by atoms with Gasteiger partial charge < -0.3 is 10.6 Å². The van der Waals surface area contributed by atoms with Crippen LogP contribution in [0.5, 0.6) is 0 Å². The fourth-order valence-corrected chi connectivity index (χ4v) is 3.78. The van der Waals surface area contributed by atoms with Gasteiger partial charge in [-0.2, -0.15) is 0 Å². The van der Waals surface area contributed by atoms with E-state index in [1.54, 1.807) is 11.1 Å². The third kappa shape index (κ3) is 2.32. The lowest BCUT2D eigenvalue weighted by atomic mass is 9.73. The molecule has 0 radical (unpaired) electrons. The molecular weight excluding hydrogens is 232 g/mol. The molecule has 104 valence electrons. The van der Waals surface area contributed by atoms with E-state index in [4.69, 9.17) is 5.73 Å². The van der Waals surface area contributed by atoms with E-state index in [1.807, 2.05) is 0 Å². The fourth-order valence-electron chi connectivity index (χ4n) is 3.78. The third-order valence-electron chi connectivity index (χ3n) is 4.67. The normalized spacial score (nSPS) is 27.2. The number of benzene rings is 1. The second-order valence-corrected chi connectivity index (χ2v) is 7.55. The summed E-state index contributed by atoms with van der Waals surface area (Å²) in [6.07, 6.45) is 2.21. The monoisotopic (exact) mass is 258 g/mol. The van der Waals surface area contributed by atoms with E-state index in [9.17, 15) is 0 Å². The molecule has 0 fully saturated rings. The average molecular weight is 258 g/mol. The lowest BCUT2D eigenvalue weighted by Crippen LogP contribution is -2.39. The van der Waals surface area contributed by atoms with E-state index in [0.29, 0.717) is 12.0 Å². The number of hydrogen-bond donors (Lipinski definition) is 1. The van der Waals surface area contributed by atoms with E-state index >= 15 is 0 Å². The first-order valence-electron chi connectivity index (χ1n) is 7.45. The first-order chi connectivity index (χ1) is 8.84. The Morgan fingerprint density at radius 1 is 1.21 bits per heavy atom. The predicted octanol–water partition coefficient (Wildman–Crippen LogP) is 2.79. The van der Waals surface area contributed by atoms with Crippen molar-refractivity contribution >= 4 is 0 Å². The highest BCUT2D eigenvalue weighted by atomic mass is 15.1. The molecule has 1 aromatic carbocycles. The molecule has 0 bridgehead atoms. The van der Waals surface area contributed by atoms with Crippen molar-refractivity contribution in [2.24, 2.45) is 5.73 Å². The van der Waals surface area contributed by atoms with Gasteiger partial charge in [0, 0.05) is 19.1 Å². The molecule has 1 heterocycles. The van der Waals surface area contributed by atoms with Crippen LogP contribution in [-0.2, 0) is 18.4 Å². The minimum absolute atomic E-state index is 0.221. The van der Waals surface area contributed by atoms with Crippen molar-refractivity contribution < 1.29 is 0 Å². The van der Waals surface area contributed by atoms with Crippen LogP contribution in [0.3, 0.4) is 0 Å². The molecule has 2 aliphatic rings.